The maximum atomic E-state index is 12.9. The van der Waals surface area contributed by atoms with Gasteiger partial charge in [-0.3, -0.25) is 9.59 Å². The minimum absolute atomic E-state index is 0.318. The van der Waals surface area contributed by atoms with Crippen LogP contribution in [-0.4, -0.2) is 31.2 Å². The van der Waals surface area contributed by atoms with Gasteiger partial charge in [-0.05, 0) is 48.6 Å². The fraction of sp³-hybridized carbons (Fsp3) is 0.333. The summed E-state index contributed by atoms with van der Waals surface area (Å²) in [5, 5.41) is 9.29. The highest BCUT2D eigenvalue weighted by Crippen LogP contribution is 2.40. The maximum absolute atomic E-state index is 12.9. The van der Waals surface area contributed by atoms with Crippen molar-refractivity contribution in [2.45, 2.75) is 31.5 Å². The summed E-state index contributed by atoms with van der Waals surface area (Å²) in [5.74, 6) is -5.35. The number of nitrogens with zero attached hydrogens (tertiary/aromatic N) is 1. The third-order valence-electron chi connectivity index (χ3n) is 5.59. The second kappa shape index (κ2) is 10.4. The van der Waals surface area contributed by atoms with Gasteiger partial charge < -0.3 is 14.2 Å². The number of nitriles is 1. The Morgan fingerprint density at radius 1 is 1.09 bits per heavy atom. The highest BCUT2D eigenvalue weighted by Gasteiger charge is 2.41. The second-order valence-electron chi connectivity index (χ2n) is 7.66. The van der Waals surface area contributed by atoms with Crippen LogP contribution in [0.3, 0.4) is 0 Å². The maximum Gasteiger partial charge on any atom is 0.573 e. The molecule has 0 aromatic heterocycles. The normalized spacial score (nSPS) is 20.2. The van der Waals surface area contributed by atoms with Crippen LogP contribution >= 0.6 is 0 Å². The largest absolute Gasteiger partial charge is 0.573 e. The third-order valence-corrected chi connectivity index (χ3v) is 5.59. The van der Waals surface area contributed by atoms with E-state index in [2.05, 4.69) is 4.74 Å². The minimum atomic E-state index is -5.05. The van der Waals surface area contributed by atoms with Crippen LogP contribution in [0.5, 0.6) is 11.5 Å². The van der Waals surface area contributed by atoms with Crippen LogP contribution in [0.25, 0.3) is 0 Å². The van der Waals surface area contributed by atoms with Crippen LogP contribution in [0.4, 0.5) is 13.2 Å². The zero-order valence-corrected chi connectivity index (χ0v) is 18.0. The Morgan fingerprint density at radius 3 is 2.38 bits per heavy atom. The average Bonchev–Trinajstić information content (AvgIpc) is 2.79. The smallest absolute Gasteiger partial charge is 0.497 e. The summed E-state index contributed by atoms with van der Waals surface area (Å²) in [7, 11) is 1.50. The number of benzene rings is 2. The first-order valence-corrected chi connectivity index (χ1v) is 10.3. The SMILES string of the molecule is COc1ccc(C2CCC(C#N)C(=O)C2CC(=O)OC(=O)c2ccccc2OC(F)(F)F)cc1. The van der Waals surface area contributed by atoms with Crippen molar-refractivity contribution in [1.82, 2.24) is 0 Å². The molecule has 34 heavy (non-hydrogen) atoms. The van der Waals surface area contributed by atoms with Gasteiger partial charge >= 0.3 is 18.3 Å². The molecule has 0 spiro atoms. The predicted octanol–water partition coefficient (Wildman–Crippen LogP) is 4.57. The van der Waals surface area contributed by atoms with E-state index >= 15 is 0 Å². The summed E-state index contributed by atoms with van der Waals surface area (Å²) in [6, 6.07) is 13.3. The van der Waals surface area contributed by atoms with Gasteiger partial charge in [-0.15, -0.1) is 13.2 Å². The average molecular weight is 475 g/mol. The van der Waals surface area contributed by atoms with E-state index < -0.39 is 59.6 Å². The number of carbonyl (C=O) groups excluding carboxylic acids is 3. The Bertz CT molecular complexity index is 1110. The Hall–Kier alpha value is -3.87. The van der Waals surface area contributed by atoms with Gasteiger partial charge in [0.1, 0.15) is 23.0 Å². The molecule has 0 radical (unpaired) electrons. The van der Waals surface area contributed by atoms with Crippen molar-refractivity contribution in [3.63, 3.8) is 0 Å². The molecule has 10 heteroatoms. The first kappa shape index (κ1) is 24.8. The quantitative estimate of drug-likeness (QED) is 0.445. The number of carbonyl (C=O) groups is 3. The van der Waals surface area contributed by atoms with Gasteiger partial charge in [-0.1, -0.05) is 24.3 Å². The highest BCUT2D eigenvalue weighted by atomic mass is 19.4. The lowest BCUT2D eigenvalue weighted by Crippen LogP contribution is -2.35. The minimum Gasteiger partial charge on any atom is -0.497 e. The molecule has 1 aliphatic rings. The number of halogens is 3. The summed E-state index contributed by atoms with van der Waals surface area (Å²) in [6.45, 7) is 0. The first-order valence-electron chi connectivity index (χ1n) is 10.3. The zero-order chi connectivity index (χ0) is 24.9. The molecule has 0 N–H and O–H groups in total. The van der Waals surface area contributed by atoms with Gasteiger partial charge in [0, 0.05) is 5.92 Å². The Morgan fingerprint density at radius 2 is 1.76 bits per heavy atom. The fourth-order valence-corrected chi connectivity index (χ4v) is 4.00. The molecule has 2 aromatic rings. The van der Waals surface area contributed by atoms with Gasteiger partial charge in [0.2, 0.25) is 0 Å². The van der Waals surface area contributed by atoms with Crippen LogP contribution in [0.2, 0.25) is 0 Å². The van der Waals surface area contributed by atoms with E-state index in [4.69, 9.17) is 9.47 Å². The third kappa shape index (κ3) is 5.92. The van der Waals surface area contributed by atoms with Gasteiger partial charge in [-0.25, -0.2) is 4.79 Å². The summed E-state index contributed by atoms with van der Waals surface area (Å²) in [6.07, 6.45) is -4.79. The van der Waals surface area contributed by atoms with E-state index in [1.807, 2.05) is 6.07 Å². The first-order chi connectivity index (χ1) is 16.1. The zero-order valence-electron chi connectivity index (χ0n) is 18.0. The number of alkyl halides is 3. The summed E-state index contributed by atoms with van der Waals surface area (Å²) >= 11 is 0. The number of methoxy groups -OCH3 is 1. The van der Waals surface area contributed by atoms with Crippen LogP contribution in [0.15, 0.2) is 48.5 Å². The molecule has 3 unspecified atom stereocenters. The lowest BCUT2D eigenvalue weighted by atomic mass is 9.69. The number of Topliss-reactive ketones (excluding diaryl/α,β-unsaturated/α-hetero) is 1. The van der Waals surface area contributed by atoms with Crippen LogP contribution in [0.1, 0.15) is 41.1 Å². The van der Waals surface area contributed by atoms with Crippen molar-refractivity contribution in [2.24, 2.45) is 11.8 Å². The number of hydrogen-bond donors (Lipinski definition) is 0. The van der Waals surface area contributed by atoms with Crippen LogP contribution in [0, 0.1) is 23.2 Å². The summed E-state index contributed by atoms with van der Waals surface area (Å²) in [4.78, 5) is 37.8. The molecule has 3 rings (SSSR count). The molecule has 0 bridgehead atoms. The number of para-hydroxylation sites is 1. The lowest BCUT2D eigenvalue weighted by molar-refractivity contribution is -0.274. The molecule has 0 saturated heterocycles. The standard InChI is InChI=1S/C24H20F3NO6/c1-32-16-9-6-14(7-10-16)17-11-8-15(13-28)22(30)19(17)12-21(29)33-23(31)18-4-2-3-5-20(18)34-24(25,26)27/h2-7,9-10,15,17,19H,8,11-12H2,1H3. The topological polar surface area (TPSA) is 103 Å². The Balaban J connectivity index is 1.78. The van der Waals surface area contributed by atoms with E-state index in [-0.39, 0.29) is 0 Å². The predicted molar refractivity (Wildman–Crippen MR) is 111 cm³/mol. The van der Waals surface area contributed by atoms with Crippen molar-refractivity contribution >= 4 is 17.7 Å². The number of ether oxygens (including phenoxy) is 3. The van der Waals surface area contributed by atoms with Crippen LogP contribution in [-0.2, 0) is 14.3 Å². The molecule has 0 aliphatic heterocycles. The van der Waals surface area contributed by atoms with E-state index in [1.54, 1.807) is 24.3 Å². The van der Waals surface area contributed by atoms with Gasteiger partial charge in [0.05, 0.1) is 19.6 Å². The molecule has 3 atom stereocenters. The van der Waals surface area contributed by atoms with Gasteiger partial charge in [-0.2, -0.15) is 5.26 Å². The van der Waals surface area contributed by atoms with Crippen molar-refractivity contribution in [2.75, 3.05) is 7.11 Å². The number of ketones is 1. The number of hydrogen-bond acceptors (Lipinski definition) is 7. The van der Waals surface area contributed by atoms with E-state index in [0.29, 0.717) is 18.6 Å². The highest BCUT2D eigenvalue weighted by molar-refractivity contribution is 6.00. The van der Waals surface area contributed by atoms with Crippen molar-refractivity contribution < 1.29 is 41.8 Å². The molecule has 1 saturated carbocycles. The van der Waals surface area contributed by atoms with E-state index in [9.17, 15) is 32.8 Å². The van der Waals surface area contributed by atoms with E-state index in [1.165, 1.54) is 19.2 Å². The molecule has 178 valence electrons. The van der Waals surface area contributed by atoms with Crippen molar-refractivity contribution in [3.05, 3.63) is 59.7 Å². The van der Waals surface area contributed by atoms with Crippen molar-refractivity contribution in [1.29, 1.82) is 5.26 Å². The van der Waals surface area contributed by atoms with Gasteiger partial charge in [0.15, 0.2) is 5.78 Å². The monoisotopic (exact) mass is 475 g/mol. The molecule has 1 fully saturated rings. The lowest BCUT2D eigenvalue weighted by Gasteiger charge is -2.32. The second-order valence-corrected chi connectivity index (χ2v) is 7.66. The number of esters is 2. The van der Waals surface area contributed by atoms with Gasteiger partial charge in [0.25, 0.3) is 0 Å². The van der Waals surface area contributed by atoms with E-state index in [0.717, 1.165) is 17.7 Å². The summed E-state index contributed by atoms with van der Waals surface area (Å²) in [5.41, 5.74) is 0.156. The Labute approximate surface area is 193 Å². The Kier molecular flexibility index (Phi) is 7.56. The fourth-order valence-electron chi connectivity index (χ4n) is 4.00. The summed E-state index contributed by atoms with van der Waals surface area (Å²) < 4.78 is 51.5. The van der Waals surface area contributed by atoms with Crippen LogP contribution < -0.4 is 9.47 Å². The molecule has 7 nitrogen and oxygen atoms in total. The molecular formula is C24H20F3NO6. The number of rotatable bonds is 6. The van der Waals surface area contributed by atoms with Crippen molar-refractivity contribution in [3.8, 4) is 17.6 Å². The molecule has 2 aromatic carbocycles. The molecule has 1 aliphatic carbocycles. The molecule has 0 heterocycles. The molecule has 0 amide bonds. The molecular weight excluding hydrogens is 455 g/mol.